The maximum absolute atomic E-state index is 13.7. The summed E-state index contributed by atoms with van der Waals surface area (Å²) in [6.07, 6.45) is -2.64. The predicted molar refractivity (Wildman–Crippen MR) is 117 cm³/mol. The molecule has 0 saturated carbocycles. The van der Waals surface area contributed by atoms with Crippen LogP contribution in [0.4, 0.5) is 13.2 Å². The summed E-state index contributed by atoms with van der Waals surface area (Å²) >= 11 is 3.31. The lowest BCUT2D eigenvalue weighted by Crippen LogP contribution is -2.10. The third-order valence-electron chi connectivity index (χ3n) is 4.80. The first-order valence-electron chi connectivity index (χ1n) is 9.03. The highest BCUT2D eigenvalue weighted by molar-refractivity contribution is 9.15. The first-order valence-corrected chi connectivity index (χ1v) is 9.82. The van der Waals surface area contributed by atoms with Gasteiger partial charge in [-0.15, -0.1) is 0 Å². The van der Waals surface area contributed by atoms with Gasteiger partial charge in [0.25, 0.3) is 0 Å². The molecule has 3 aromatic rings. The summed E-state index contributed by atoms with van der Waals surface area (Å²) in [5, 5.41) is 0. The molecule has 30 heavy (non-hydrogen) atoms. The second-order valence-electron chi connectivity index (χ2n) is 6.63. The first kappa shape index (κ1) is 21.8. The largest absolute Gasteiger partial charge is 0.496 e. The van der Waals surface area contributed by atoms with Crippen LogP contribution in [0.15, 0.2) is 60.7 Å². The van der Waals surface area contributed by atoms with E-state index in [1.165, 1.54) is 13.2 Å². The van der Waals surface area contributed by atoms with Crippen molar-refractivity contribution in [3.05, 3.63) is 88.5 Å². The van der Waals surface area contributed by atoms with E-state index in [1.54, 1.807) is 6.08 Å². The van der Waals surface area contributed by atoms with Crippen LogP contribution in [-0.4, -0.2) is 13.4 Å². The molecule has 154 valence electrons. The van der Waals surface area contributed by atoms with Crippen LogP contribution in [0.2, 0.25) is 0 Å². The van der Waals surface area contributed by atoms with Crippen LogP contribution in [0, 0.1) is 6.92 Å². The Morgan fingerprint density at radius 3 is 2.30 bits per heavy atom. The molecule has 0 aliphatic carbocycles. The van der Waals surface area contributed by atoms with E-state index < -0.39 is 11.7 Å². The lowest BCUT2D eigenvalue weighted by Gasteiger charge is -2.16. The van der Waals surface area contributed by atoms with Gasteiger partial charge in [-0.3, -0.25) is 4.79 Å². The van der Waals surface area contributed by atoms with Gasteiger partial charge in [-0.25, -0.2) is 0 Å². The monoisotopic (exact) mass is 474 g/mol. The van der Waals surface area contributed by atoms with Gasteiger partial charge in [-0.2, -0.15) is 13.2 Å². The van der Waals surface area contributed by atoms with Crippen LogP contribution in [-0.2, 0) is 6.18 Å². The molecule has 0 fully saturated rings. The van der Waals surface area contributed by atoms with E-state index in [0.717, 1.165) is 28.3 Å². The number of hydrogen-bond acceptors (Lipinski definition) is 2. The summed E-state index contributed by atoms with van der Waals surface area (Å²) in [5.74, 6) is 0.0770. The van der Waals surface area contributed by atoms with Gasteiger partial charge in [0, 0.05) is 10.0 Å². The van der Waals surface area contributed by atoms with Crippen molar-refractivity contribution in [3.63, 3.8) is 0 Å². The van der Waals surface area contributed by atoms with E-state index in [0.29, 0.717) is 6.29 Å². The normalized spacial score (nSPS) is 12.0. The Morgan fingerprint density at radius 2 is 1.70 bits per heavy atom. The lowest BCUT2D eigenvalue weighted by atomic mass is 9.95. The molecular weight excluding hydrogens is 457 g/mol. The zero-order valence-corrected chi connectivity index (χ0v) is 17.8. The summed E-state index contributed by atoms with van der Waals surface area (Å²) in [7, 11) is 1.31. The van der Waals surface area contributed by atoms with Gasteiger partial charge < -0.3 is 4.74 Å². The molecule has 2 nitrogen and oxygen atoms in total. The number of aldehydes is 1. The van der Waals surface area contributed by atoms with Gasteiger partial charge >= 0.3 is 6.18 Å². The van der Waals surface area contributed by atoms with Crippen molar-refractivity contribution in [2.45, 2.75) is 13.1 Å². The average molecular weight is 475 g/mol. The maximum Gasteiger partial charge on any atom is 0.417 e. The minimum Gasteiger partial charge on any atom is -0.496 e. The minimum absolute atomic E-state index is 0.0770. The predicted octanol–water partition coefficient (Wildman–Crippen LogP) is 7.39. The Labute approximate surface area is 181 Å². The fourth-order valence-electron chi connectivity index (χ4n) is 3.25. The van der Waals surface area contributed by atoms with Crippen molar-refractivity contribution in [1.82, 2.24) is 0 Å². The Hall–Kier alpha value is -2.86. The molecule has 0 radical (unpaired) electrons. The second-order valence-corrected chi connectivity index (χ2v) is 7.49. The Kier molecular flexibility index (Phi) is 6.46. The minimum atomic E-state index is -4.63. The van der Waals surface area contributed by atoms with Crippen molar-refractivity contribution in [3.8, 4) is 16.9 Å². The van der Waals surface area contributed by atoms with Crippen LogP contribution >= 0.6 is 15.9 Å². The van der Waals surface area contributed by atoms with Gasteiger partial charge in [0.05, 0.1) is 18.2 Å². The molecule has 0 unspecified atom stereocenters. The molecule has 0 spiro atoms. The summed E-state index contributed by atoms with van der Waals surface area (Å²) in [6, 6.07) is 17.5. The maximum atomic E-state index is 13.7. The molecule has 0 saturated heterocycles. The summed E-state index contributed by atoms with van der Waals surface area (Å²) in [6.45, 7) is 1.93. The molecule has 3 rings (SSSR count). The third kappa shape index (κ3) is 4.49. The van der Waals surface area contributed by atoms with Gasteiger partial charge in [-0.05, 0) is 47.4 Å². The first-order chi connectivity index (χ1) is 14.3. The quantitative estimate of drug-likeness (QED) is 0.284. The molecule has 3 aromatic carbocycles. The van der Waals surface area contributed by atoms with Crippen molar-refractivity contribution < 1.29 is 22.7 Å². The number of methoxy groups -OCH3 is 1. The molecule has 0 heterocycles. The number of carbonyl (C=O) groups excluding carboxylic acids is 1. The highest BCUT2D eigenvalue weighted by Gasteiger charge is 2.35. The number of ether oxygens (including phenoxy) is 1. The second kappa shape index (κ2) is 8.88. The van der Waals surface area contributed by atoms with Crippen molar-refractivity contribution in [1.29, 1.82) is 0 Å². The zero-order chi connectivity index (χ0) is 21.9. The number of rotatable bonds is 5. The number of hydrogen-bond donors (Lipinski definition) is 0. The smallest absolute Gasteiger partial charge is 0.417 e. The highest BCUT2D eigenvalue weighted by atomic mass is 79.9. The highest BCUT2D eigenvalue weighted by Crippen LogP contribution is 2.41. The molecule has 0 aromatic heterocycles. The zero-order valence-electron chi connectivity index (χ0n) is 16.3. The van der Waals surface area contributed by atoms with E-state index >= 15 is 0 Å². The fourth-order valence-corrected chi connectivity index (χ4v) is 3.83. The Morgan fingerprint density at radius 1 is 1.00 bits per heavy atom. The lowest BCUT2D eigenvalue weighted by molar-refractivity contribution is -0.137. The Bertz CT molecular complexity index is 1100. The SMILES string of the molecule is COc1cc(/C(Br)=C/c2cccc(-c3ccccc3)c2C)c(C(F)(F)F)cc1C=O. The Balaban J connectivity index is 2.16. The van der Waals surface area contributed by atoms with E-state index in [2.05, 4.69) is 15.9 Å². The molecule has 0 bridgehead atoms. The average Bonchev–Trinajstić information content (AvgIpc) is 2.74. The topological polar surface area (TPSA) is 26.3 Å². The summed E-state index contributed by atoms with van der Waals surface area (Å²) in [5.41, 5.74) is 2.56. The van der Waals surface area contributed by atoms with E-state index in [1.807, 2.05) is 55.5 Å². The number of halogens is 4. The van der Waals surface area contributed by atoms with Gasteiger partial charge in [0.2, 0.25) is 0 Å². The molecule has 0 atom stereocenters. The standard InChI is InChI=1S/C24H18BrF3O2/c1-15-17(9-6-10-19(15)16-7-4-3-5-8-16)12-22(25)20-13-23(30-2)18(14-29)11-21(20)24(26,27)28/h3-14H,1-2H3/b22-12-. The van der Waals surface area contributed by atoms with Crippen LogP contribution < -0.4 is 4.74 Å². The van der Waals surface area contributed by atoms with Crippen molar-refractivity contribution in [2.75, 3.05) is 7.11 Å². The molecule has 0 aliphatic rings. The number of alkyl halides is 3. The van der Waals surface area contributed by atoms with Crippen molar-refractivity contribution >= 4 is 32.8 Å². The van der Waals surface area contributed by atoms with Gasteiger partial charge in [0.15, 0.2) is 6.29 Å². The number of benzene rings is 3. The fraction of sp³-hybridized carbons (Fsp3) is 0.125. The van der Waals surface area contributed by atoms with Crippen molar-refractivity contribution in [2.24, 2.45) is 0 Å². The van der Waals surface area contributed by atoms with Crippen LogP contribution in [0.3, 0.4) is 0 Å². The molecular formula is C24H18BrF3O2. The molecule has 0 amide bonds. The third-order valence-corrected chi connectivity index (χ3v) is 5.46. The summed E-state index contributed by atoms with van der Waals surface area (Å²) < 4.78 is 46.3. The van der Waals surface area contributed by atoms with Crippen LogP contribution in [0.5, 0.6) is 5.75 Å². The van der Waals surface area contributed by atoms with Gasteiger partial charge in [-0.1, -0.05) is 64.5 Å². The van der Waals surface area contributed by atoms with Gasteiger partial charge in [0.1, 0.15) is 5.75 Å². The molecule has 6 heteroatoms. The van der Waals surface area contributed by atoms with Crippen LogP contribution in [0.25, 0.3) is 21.7 Å². The molecule has 0 N–H and O–H groups in total. The van der Waals surface area contributed by atoms with E-state index in [4.69, 9.17) is 4.74 Å². The van der Waals surface area contributed by atoms with Crippen LogP contribution in [0.1, 0.15) is 32.6 Å². The van der Waals surface area contributed by atoms with E-state index in [-0.39, 0.29) is 21.4 Å². The van der Waals surface area contributed by atoms with E-state index in [9.17, 15) is 18.0 Å². The summed E-state index contributed by atoms with van der Waals surface area (Å²) in [4.78, 5) is 11.2. The number of carbonyl (C=O) groups is 1. The molecule has 0 aliphatic heterocycles.